The first kappa shape index (κ1) is 26.3. The Bertz CT molecular complexity index is 1440. The summed E-state index contributed by atoms with van der Waals surface area (Å²) in [5.41, 5.74) is 3.83. The lowest BCUT2D eigenvalue weighted by atomic mass is 9.93. The number of fused-ring (bicyclic) bond motifs is 1. The van der Waals surface area contributed by atoms with Crippen LogP contribution in [0.5, 0.6) is 5.75 Å². The molecule has 0 radical (unpaired) electrons. The standard InChI is InChI=1S/C31H31ClN2O3S/c1-33(20-35)24-15-12-21(13-16-24)22-14-17-27(37-2)23(18-22)19-34(25-8-4-3-5-9-25)31(36)30-29(32)26-10-6-7-11-28(26)38-30/h6-7,10-18,20,25H,3-5,8-9,19H2,1-2H3. The lowest BCUT2D eigenvalue weighted by molar-refractivity contribution is -0.107. The molecule has 1 aromatic heterocycles. The maximum atomic E-state index is 14.1. The molecule has 7 heteroatoms. The number of ether oxygens (including phenoxy) is 1. The van der Waals surface area contributed by atoms with Gasteiger partial charge in [-0.25, -0.2) is 0 Å². The Kier molecular flexibility index (Phi) is 8.01. The summed E-state index contributed by atoms with van der Waals surface area (Å²) in [6.45, 7) is 0.442. The normalized spacial score (nSPS) is 13.9. The highest BCUT2D eigenvalue weighted by atomic mass is 35.5. The molecule has 2 amide bonds. The number of methoxy groups -OCH3 is 1. The molecule has 0 atom stereocenters. The molecule has 196 valence electrons. The van der Waals surface area contributed by atoms with Crippen LogP contribution < -0.4 is 9.64 Å². The average Bonchev–Trinajstić information content (AvgIpc) is 3.31. The lowest BCUT2D eigenvalue weighted by Gasteiger charge is -2.34. The van der Waals surface area contributed by atoms with Crippen molar-refractivity contribution in [3.63, 3.8) is 0 Å². The van der Waals surface area contributed by atoms with Crippen LogP contribution in [0.25, 0.3) is 21.2 Å². The molecule has 1 fully saturated rings. The van der Waals surface area contributed by atoms with Gasteiger partial charge in [-0.15, -0.1) is 11.3 Å². The van der Waals surface area contributed by atoms with Gasteiger partial charge in [0.1, 0.15) is 10.6 Å². The zero-order valence-corrected chi connectivity index (χ0v) is 23.2. The van der Waals surface area contributed by atoms with Crippen molar-refractivity contribution < 1.29 is 14.3 Å². The van der Waals surface area contributed by atoms with Crippen LogP contribution in [0.2, 0.25) is 5.02 Å². The molecule has 1 aliphatic rings. The molecule has 1 heterocycles. The molecule has 0 aliphatic heterocycles. The van der Waals surface area contributed by atoms with E-state index in [9.17, 15) is 9.59 Å². The first-order valence-electron chi connectivity index (χ1n) is 12.9. The predicted molar refractivity (Wildman–Crippen MR) is 156 cm³/mol. The SMILES string of the molecule is COc1ccc(-c2ccc(N(C)C=O)cc2)cc1CN(C(=O)c1sc2ccccc2c1Cl)C1CCCCC1. The molecule has 3 aromatic carbocycles. The smallest absolute Gasteiger partial charge is 0.266 e. The summed E-state index contributed by atoms with van der Waals surface area (Å²) in [4.78, 5) is 29.4. The van der Waals surface area contributed by atoms with Gasteiger partial charge in [-0.2, -0.15) is 0 Å². The van der Waals surface area contributed by atoms with Crippen LogP contribution in [-0.4, -0.2) is 37.4 Å². The van der Waals surface area contributed by atoms with E-state index in [4.69, 9.17) is 16.3 Å². The molecule has 5 nitrogen and oxygen atoms in total. The van der Waals surface area contributed by atoms with Gasteiger partial charge in [-0.1, -0.05) is 67.3 Å². The van der Waals surface area contributed by atoms with E-state index in [-0.39, 0.29) is 11.9 Å². The van der Waals surface area contributed by atoms with Gasteiger partial charge in [0.05, 0.1) is 12.1 Å². The number of carbonyl (C=O) groups is 2. The summed E-state index contributed by atoms with van der Waals surface area (Å²) >= 11 is 8.23. The Balaban J connectivity index is 1.50. The van der Waals surface area contributed by atoms with Crippen molar-refractivity contribution in [2.75, 3.05) is 19.1 Å². The minimum Gasteiger partial charge on any atom is -0.496 e. The number of nitrogens with zero attached hydrogens (tertiary/aromatic N) is 2. The zero-order chi connectivity index (χ0) is 26.6. The molecule has 38 heavy (non-hydrogen) atoms. The van der Waals surface area contributed by atoms with Crippen molar-refractivity contribution in [2.45, 2.75) is 44.7 Å². The number of benzene rings is 3. The third-order valence-corrected chi connectivity index (χ3v) is 9.06. The fourth-order valence-corrected chi connectivity index (χ4v) is 6.72. The number of carbonyl (C=O) groups excluding carboxylic acids is 2. The monoisotopic (exact) mass is 546 g/mol. The van der Waals surface area contributed by atoms with Crippen LogP contribution in [0.15, 0.2) is 66.7 Å². The molecule has 0 spiro atoms. The second-order valence-electron chi connectivity index (χ2n) is 9.76. The molecule has 0 bridgehead atoms. The van der Waals surface area contributed by atoms with Crippen LogP contribution in [0, 0.1) is 0 Å². The van der Waals surface area contributed by atoms with Crippen molar-refractivity contribution in [1.29, 1.82) is 0 Å². The Hall–Kier alpha value is -3.35. The molecule has 1 saturated carbocycles. The minimum absolute atomic E-state index is 0.0168. The molecule has 0 unspecified atom stereocenters. The number of hydrogen-bond donors (Lipinski definition) is 0. The fraction of sp³-hybridized carbons (Fsp3) is 0.290. The van der Waals surface area contributed by atoms with E-state index >= 15 is 0 Å². The largest absolute Gasteiger partial charge is 0.496 e. The number of anilines is 1. The Morgan fingerprint density at radius 3 is 2.42 bits per heavy atom. The van der Waals surface area contributed by atoms with E-state index in [0.29, 0.717) is 16.4 Å². The highest BCUT2D eigenvalue weighted by Gasteiger charge is 2.30. The van der Waals surface area contributed by atoms with E-state index in [1.165, 1.54) is 22.7 Å². The van der Waals surface area contributed by atoms with Crippen LogP contribution in [0.3, 0.4) is 0 Å². The van der Waals surface area contributed by atoms with Gasteiger partial charge in [0.15, 0.2) is 0 Å². The Morgan fingerprint density at radius 1 is 1.03 bits per heavy atom. The number of amides is 2. The van der Waals surface area contributed by atoms with E-state index in [1.807, 2.05) is 65.6 Å². The Morgan fingerprint density at radius 2 is 1.74 bits per heavy atom. The average molecular weight is 547 g/mol. The van der Waals surface area contributed by atoms with Gasteiger partial charge in [-0.3, -0.25) is 9.59 Å². The maximum absolute atomic E-state index is 14.1. The minimum atomic E-state index is -0.0168. The fourth-order valence-electron chi connectivity index (χ4n) is 5.26. The van der Waals surface area contributed by atoms with Crippen molar-refractivity contribution in [3.8, 4) is 16.9 Å². The molecule has 1 aliphatic carbocycles. The van der Waals surface area contributed by atoms with Crippen LogP contribution in [0.1, 0.15) is 47.3 Å². The first-order valence-corrected chi connectivity index (χ1v) is 14.1. The number of rotatable bonds is 8. The van der Waals surface area contributed by atoms with Gasteiger partial charge < -0.3 is 14.5 Å². The van der Waals surface area contributed by atoms with E-state index in [2.05, 4.69) is 6.07 Å². The molecule has 0 N–H and O–H groups in total. The van der Waals surface area contributed by atoms with Gasteiger partial charge in [0.2, 0.25) is 6.41 Å². The van der Waals surface area contributed by atoms with Crippen LogP contribution in [0.4, 0.5) is 5.69 Å². The highest BCUT2D eigenvalue weighted by Crippen LogP contribution is 2.38. The summed E-state index contributed by atoms with van der Waals surface area (Å²) in [6.07, 6.45) is 6.21. The van der Waals surface area contributed by atoms with Crippen molar-refractivity contribution >= 4 is 51.0 Å². The summed E-state index contributed by atoms with van der Waals surface area (Å²) in [7, 11) is 3.39. The number of halogens is 1. The lowest BCUT2D eigenvalue weighted by Crippen LogP contribution is -2.40. The molecular formula is C31H31ClN2O3S. The van der Waals surface area contributed by atoms with Crippen molar-refractivity contribution in [1.82, 2.24) is 4.90 Å². The summed E-state index contributed by atoms with van der Waals surface area (Å²) in [6, 6.07) is 22.0. The van der Waals surface area contributed by atoms with Gasteiger partial charge in [0, 0.05) is 41.0 Å². The molecule has 0 saturated heterocycles. The van der Waals surface area contributed by atoms with Crippen LogP contribution in [-0.2, 0) is 11.3 Å². The second kappa shape index (κ2) is 11.6. The molecule has 5 rings (SSSR count). The Labute approximate surface area is 232 Å². The third-order valence-electron chi connectivity index (χ3n) is 7.39. The number of thiophene rings is 1. The third kappa shape index (κ3) is 5.29. The van der Waals surface area contributed by atoms with E-state index in [1.54, 1.807) is 14.2 Å². The highest BCUT2D eigenvalue weighted by molar-refractivity contribution is 7.21. The van der Waals surface area contributed by atoms with Gasteiger partial charge >= 0.3 is 0 Å². The van der Waals surface area contributed by atoms with Gasteiger partial charge in [0.25, 0.3) is 5.91 Å². The summed E-state index contributed by atoms with van der Waals surface area (Å²) in [5, 5.41) is 1.46. The maximum Gasteiger partial charge on any atom is 0.266 e. The molecular weight excluding hydrogens is 516 g/mol. The number of hydrogen-bond acceptors (Lipinski definition) is 4. The summed E-state index contributed by atoms with van der Waals surface area (Å²) < 4.78 is 6.76. The van der Waals surface area contributed by atoms with Gasteiger partial charge in [-0.05, 0) is 54.3 Å². The topological polar surface area (TPSA) is 49.9 Å². The predicted octanol–water partition coefficient (Wildman–Crippen LogP) is 7.80. The summed E-state index contributed by atoms with van der Waals surface area (Å²) in [5.74, 6) is 0.735. The van der Waals surface area contributed by atoms with Crippen molar-refractivity contribution in [2.24, 2.45) is 0 Å². The molecule has 4 aromatic rings. The van der Waals surface area contributed by atoms with E-state index < -0.39 is 0 Å². The van der Waals surface area contributed by atoms with Crippen molar-refractivity contribution in [3.05, 3.63) is 82.2 Å². The quantitative estimate of drug-likeness (QED) is 0.212. The van der Waals surface area contributed by atoms with Crippen LogP contribution >= 0.6 is 22.9 Å². The first-order chi connectivity index (χ1) is 18.5. The zero-order valence-electron chi connectivity index (χ0n) is 21.7. The van der Waals surface area contributed by atoms with E-state index in [0.717, 1.165) is 70.3 Å². The second-order valence-corrected chi connectivity index (χ2v) is 11.2.